The predicted octanol–water partition coefficient (Wildman–Crippen LogP) is 2.44. The van der Waals surface area contributed by atoms with Crippen LogP contribution in [0.5, 0.6) is 0 Å². The zero-order valence-electron chi connectivity index (χ0n) is 10.4. The average Bonchev–Trinajstić information content (AvgIpc) is 3.00. The maximum absolute atomic E-state index is 6.03. The van der Waals surface area contributed by atoms with Crippen molar-refractivity contribution in [3.8, 4) is 0 Å². The normalized spacial score (nSPS) is 38.2. The van der Waals surface area contributed by atoms with Gasteiger partial charge in [0.05, 0.1) is 6.10 Å². The first kappa shape index (κ1) is 11.4. The number of rotatable bonds is 5. The lowest BCUT2D eigenvalue weighted by atomic mass is 9.68. The molecule has 15 heavy (non-hydrogen) atoms. The molecule has 1 saturated heterocycles. The van der Waals surface area contributed by atoms with Crippen molar-refractivity contribution in [3.63, 3.8) is 0 Å². The van der Waals surface area contributed by atoms with Crippen molar-refractivity contribution in [2.45, 2.75) is 45.6 Å². The Morgan fingerprint density at radius 1 is 1.47 bits per heavy atom. The van der Waals surface area contributed by atoms with Crippen LogP contribution in [0.15, 0.2) is 0 Å². The second-order valence-electron chi connectivity index (χ2n) is 5.45. The molecule has 0 aromatic heterocycles. The van der Waals surface area contributed by atoms with E-state index in [0.717, 1.165) is 25.0 Å². The van der Waals surface area contributed by atoms with Crippen LogP contribution in [0.4, 0.5) is 0 Å². The summed E-state index contributed by atoms with van der Waals surface area (Å²) >= 11 is 0. The van der Waals surface area contributed by atoms with Gasteiger partial charge in [0.25, 0.3) is 0 Å². The minimum atomic E-state index is 0.421. The molecule has 0 radical (unpaired) electrons. The topological polar surface area (TPSA) is 21.3 Å². The first-order valence-electron chi connectivity index (χ1n) is 6.50. The molecule has 3 atom stereocenters. The minimum absolute atomic E-state index is 0.421. The molecule has 3 unspecified atom stereocenters. The summed E-state index contributed by atoms with van der Waals surface area (Å²) in [5.41, 5.74) is 0.421. The maximum Gasteiger partial charge on any atom is 0.0674 e. The van der Waals surface area contributed by atoms with Crippen molar-refractivity contribution in [2.75, 3.05) is 20.2 Å². The second-order valence-corrected chi connectivity index (χ2v) is 5.45. The van der Waals surface area contributed by atoms with Crippen molar-refractivity contribution in [1.82, 2.24) is 5.32 Å². The van der Waals surface area contributed by atoms with E-state index < -0.39 is 0 Å². The molecule has 1 heterocycles. The molecule has 0 spiro atoms. The smallest absolute Gasteiger partial charge is 0.0674 e. The summed E-state index contributed by atoms with van der Waals surface area (Å²) in [5.74, 6) is 1.65. The number of ether oxygens (including phenoxy) is 1. The van der Waals surface area contributed by atoms with E-state index in [1.807, 2.05) is 0 Å². The zero-order chi connectivity index (χ0) is 10.9. The van der Waals surface area contributed by atoms with Crippen LogP contribution in [0.3, 0.4) is 0 Å². The van der Waals surface area contributed by atoms with Crippen molar-refractivity contribution in [3.05, 3.63) is 0 Å². The van der Waals surface area contributed by atoms with Gasteiger partial charge in [0.15, 0.2) is 0 Å². The van der Waals surface area contributed by atoms with Crippen LogP contribution in [-0.4, -0.2) is 26.3 Å². The SMILES string of the molecule is CCC(C)C1(CNC)CCOC1C1CC1. The number of hydrogen-bond acceptors (Lipinski definition) is 2. The molecule has 2 rings (SSSR count). The molecule has 88 valence electrons. The molecule has 1 saturated carbocycles. The molecule has 2 heteroatoms. The first-order valence-corrected chi connectivity index (χ1v) is 6.50. The number of hydrogen-bond donors (Lipinski definition) is 1. The fourth-order valence-corrected chi connectivity index (χ4v) is 3.31. The van der Waals surface area contributed by atoms with Gasteiger partial charge in [0, 0.05) is 18.6 Å². The van der Waals surface area contributed by atoms with E-state index in [9.17, 15) is 0 Å². The summed E-state index contributed by atoms with van der Waals surface area (Å²) in [6, 6.07) is 0. The minimum Gasteiger partial charge on any atom is -0.377 e. The Bertz CT molecular complexity index is 215. The Morgan fingerprint density at radius 2 is 2.20 bits per heavy atom. The Morgan fingerprint density at radius 3 is 2.73 bits per heavy atom. The lowest BCUT2D eigenvalue weighted by Crippen LogP contribution is -2.45. The van der Waals surface area contributed by atoms with E-state index in [1.54, 1.807) is 0 Å². The molecule has 0 amide bonds. The summed E-state index contributed by atoms with van der Waals surface area (Å²) in [4.78, 5) is 0. The molecule has 0 aromatic carbocycles. The van der Waals surface area contributed by atoms with E-state index in [2.05, 4.69) is 26.2 Å². The lowest BCUT2D eigenvalue weighted by Gasteiger charge is -2.39. The molecule has 1 N–H and O–H groups in total. The summed E-state index contributed by atoms with van der Waals surface area (Å²) in [7, 11) is 2.08. The highest BCUT2D eigenvalue weighted by atomic mass is 16.5. The molecule has 2 fully saturated rings. The summed E-state index contributed by atoms with van der Waals surface area (Å²) in [5, 5.41) is 3.40. The van der Waals surface area contributed by atoms with E-state index in [1.165, 1.54) is 25.7 Å². The highest BCUT2D eigenvalue weighted by Gasteiger charge is 2.52. The molecule has 2 aliphatic rings. The van der Waals surface area contributed by atoms with Gasteiger partial charge in [0.2, 0.25) is 0 Å². The highest BCUT2D eigenvalue weighted by Crippen LogP contribution is 2.51. The van der Waals surface area contributed by atoms with Gasteiger partial charge < -0.3 is 10.1 Å². The Hall–Kier alpha value is -0.0800. The van der Waals surface area contributed by atoms with E-state index in [-0.39, 0.29) is 0 Å². The van der Waals surface area contributed by atoms with Gasteiger partial charge in [-0.25, -0.2) is 0 Å². The third kappa shape index (κ3) is 1.94. The van der Waals surface area contributed by atoms with Crippen molar-refractivity contribution in [2.24, 2.45) is 17.3 Å². The fraction of sp³-hybridized carbons (Fsp3) is 1.00. The van der Waals surface area contributed by atoms with Gasteiger partial charge in [-0.3, -0.25) is 0 Å². The predicted molar refractivity (Wildman–Crippen MR) is 62.9 cm³/mol. The van der Waals surface area contributed by atoms with E-state index in [0.29, 0.717) is 11.5 Å². The monoisotopic (exact) mass is 211 g/mol. The molecule has 0 bridgehead atoms. The quantitative estimate of drug-likeness (QED) is 0.754. The third-order valence-corrected chi connectivity index (χ3v) is 4.58. The van der Waals surface area contributed by atoms with Gasteiger partial charge >= 0.3 is 0 Å². The van der Waals surface area contributed by atoms with Gasteiger partial charge in [-0.15, -0.1) is 0 Å². The summed E-state index contributed by atoms with van der Waals surface area (Å²) in [6.07, 6.45) is 5.86. The molecule has 2 nitrogen and oxygen atoms in total. The molecule has 0 aromatic rings. The van der Waals surface area contributed by atoms with E-state index >= 15 is 0 Å². The lowest BCUT2D eigenvalue weighted by molar-refractivity contribution is 0.00337. The van der Waals surface area contributed by atoms with Gasteiger partial charge in [-0.2, -0.15) is 0 Å². The Balaban J connectivity index is 2.14. The number of nitrogens with one attached hydrogen (secondary N) is 1. The van der Waals surface area contributed by atoms with Crippen LogP contribution in [-0.2, 0) is 4.74 Å². The Kier molecular flexibility index (Phi) is 3.36. The second kappa shape index (κ2) is 4.42. The van der Waals surface area contributed by atoms with E-state index in [4.69, 9.17) is 4.74 Å². The average molecular weight is 211 g/mol. The largest absolute Gasteiger partial charge is 0.377 e. The zero-order valence-corrected chi connectivity index (χ0v) is 10.4. The fourth-order valence-electron chi connectivity index (χ4n) is 3.31. The molecular weight excluding hydrogens is 186 g/mol. The van der Waals surface area contributed by atoms with Crippen LogP contribution < -0.4 is 5.32 Å². The van der Waals surface area contributed by atoms with Gasteiger partial charge in [-0.05, 0) is 38.1 Å². The summed E-state index contributed by atoms with van der Waals surface area (Å²) in [6.45, 7) is 6.82. The highest BCUT2D eigenvalue weighted by molar-refractivity contribution is 5.02. The van der Waals surface area contributed by atoms with Gasteiger partial charge in [-0.1, -0.05) is 20.3 Å². The molecular formula is C13H25NO. The first-order chi connectivity index (χ1) is 7.24. The molecule has 1 aliphatic carbocycles. The van der Waals surface area contributed by atoms with Crippen LogP contribution in [0.25, 0.3) is 0 Å². The summed E-state index contributed by atoms with van der Waals surface area (Å²) < 4.78 is 6.03. The maximum atomic E-state index is 6.03. The van der Waals surface area contributed by atoms with Crippen molar-refractivity contribution < 1.29 is 4.74 Å². The van der Waals surface area contributed by atoms with Crippen LogP contribution in [0, 0.1) is 17.3 Å². The third-order valence-electron chi connectivity index (χ3n) is 4.58. The van der Waals surface area contributed by atoms with Crippen LogP contribution in [0.1, 0.15) is 39.5 Å². The van der Waals surface area contributed by atoms with Crippen molar-refractivity contribution >= 4 is 0 Å². The van der Waals surface area contributed by atoms with Crippen LogP contribution in [0.2, 0.25) is 0 Å². The standard InChI is InChI=1S/C13H25NO/c1-4-10(2)13(9-14-3)7-8-15-12(13)11-5-6-11/h10-12,14H,4-9H2,1-3H3. The molecule has 1 aliphatic heterocycles. The Labute approximate surface area is 93.8 Å². The van der Waals surface area contributed by atoms with Crippen molar-refractivity contribution in [1.29, 1.82) is 0 Å². The van der Waals surface area contributed by atoms with Gasteiger partial charge in [0.1, 0.15) is 0 Å². The van der Waals surface area contributed by atoms with Crippen LogP contribution >= 0.6 is 0 Å².